The normalized spacial score (nSPS) is 14.6. The van der Waals surface area contributed by atoms with Gasteiger partial charge in [-0.3, -0.25) is 14.4 Å². The molecule has 12 heteroatoms. The molecule has 0 saturated heterocycles. The van der Waals surface area contributed by atoms with Crippen LogP contribution >= 0.6 is 24.7 Å². The van der Waals surface area contributed by atoms with Gasteiger partial charge in [-0.15, -0.1) is 0 Å². The van der Waals surface area contributed by atoms with Crippen molar-refractivity contribution in [2.45, 2.75) is 119 Å². The van der Waals surface area contributed by atoms with Crippen molar-refractivity contribution in [3.8, 4) is 0 Å². The molecule has 4 atom stereocenters. The third-order valence-electron chi connectivity index (χ3n) is 5.07. The highest BCUT2D eigenvalue weighted by molar-refractivity contribution is 7.93. The van der Waals surface area contributed by atoms with Gasteiger partial charge in [-0.25, -0.2) is 4.21 Å². The molecule has 0 saturated carbocycles. The summed E-state index contributed by atoms with van der Waals surface area (Å²) in [7, 11) is 0. The molecule has 0 amide bonds. The van der Waals surface area contributed by atoms with Gasteiger partial charge >= 0.3 is 0 Å². The van der Waals surface area contributed by atoms with Gasteiger partial charge in [0.05, 0.1) is 23.9 Å². The number of hydrogen-bond donors (Lipinski definition) is 6. The van der Waals surface area contributed by atoms with Crippen molar-refractivity contribution in [3.05, 3.63) is 0 Å². The molecule has 0 bridgehead atoms. The summed E-state index contributed by atoms with van der Waals surface area (Å²) in [4.78, 5) is 34.7. The predicted octanol–water partition coefficient (Wildman–Crippen LogP) is 4.09. The van der Waals surface area contributed by atoms with Crippen molar-refractivity contribution in [2.24, 2.45) is 17.8 Å². The number of thiol groups is 1. The standard InChI is InChI=1S/C9H19NO3S.C9H19NO2S.C9H19NOS/c1-6(2)9(11)8(5-14(12)13)10-7(3)4;1-6(2)9(11)8(5-13-12)10-7(3)4;1-6(2)9(11)8(5-12)10-7(3)4/h6-8,10H,5H2,1-4H3,(H,12,13);6-8,10,12H,5H2,1-4H3;6-8,10,12H,5H2,1-4H3. The fraction of sp³-hybridized carbons (Fsp3) is 0.889. The molecule has 0 aromatic rings. The molecule has 0 fully saturated rings. The summed E-state index contributed by atoms with van der Waals surface area (Å²) in [5.41, 5.74) is 0. The summed E-state index contributed by atoms with van der Waals surface area (Å²) in [5.74, 6) is 1.36. The van der Waals surface area contributed by atoms with Gasteiger partial charge in [0.2, 0.25) is 0 Å². The van der Waals surface area contributed by atoms with Gasteiger partial charge in [-0.1, -0.05) is 83.1 Å². The van der Waals surface area contributed by atoms with Crippen LogP contribution in [-0.2, 0) is 25.5 Å². The highest BCUT2D eigenvalue weighted by Gasteiger charge is 2.24. The zero-order valence-corrected chi connectivity index (χ0v) is 28.6. The lowest BCUT2D eigenvalue weighted by molar-refractivity contribution is -0.124. The molecule has 0 rings (SSSR count). The predicted molar refractivity (Wildman–Crippen MR) is 170 cm³/mol. The van der Waals surface area contributed by atoms with Crippen LogP contribution in [0.5, 0.6) is 0 Å². The Bertz CT molecular complexity index is 704. The molecule has 234 valence electrons. The van der Waals surface area contributed by atoms with E-state index in [1.54, 1.807) is 13.8 Å². The van der Waals surface area contributed by atoms with Crippen molar-refractivity contribution in [2.75, 3.05) is 17.3 Å². The molecule has 0 aromatic heterocycles. The summed E-state index contributed by atoms with van der Waals surface area (Å²) < 4.78 is 28.1. The largest absolute Gasteiger partial charge is 0.330 e. The zero-order chi connectivity index (χ0) is 31.5. The Hall–Kier alpha value is -0.340. The topological polar surface area (TPSA) is 145 Å². The second-order valence-corrected chi connectivity index (χ2v) is 13.2. The van der Waals surface area contributed by atoms with E-state index in [1.165, 1.54) is 0 Å². The Balaban J connectivity index is -0.000000500. The van der Waals surface area contributed by atoms with Gasteiger partial charge in [-0.2, -0.15) is 12.6 Å². The highest BCUT2D eigenvalue weighted by Crippen LogP contribution is 2.06. The Morgan fingerprint density at radius 2 is 0.974 bits per heavy atom. The van der Waals surface area contributed by atoms with Gasteiger partial charge < -0.3 is 25.1 Å². The van der Waals surface area contributed by atoms with Gasteiger partial charge in [0.1, 0.15) is 0 Å². The molecule has 0 aliphatic rings. The molecular formula is C27H57N3O6S3. The van der Waals surface area contributed by atoms with Crippen molar-refractivity contribution in [1.29, 1.82) is 0 Å². The molecular weight excluding hydrogens is 559 g/mol. The molecule has 39 heavy (non-hydrogen) atoms. The minimum absolute atomic E-state index is 0.0129. The number of carbonyl (C=O) groups is 3. The first-order valence-corrected chi connectivity index (χ1v) is 16.5. The fourth-order valence-corrected chi connectivity index (χ4v) is 4.52. The van der Waals surface area contributed by atoms with Gasteiger partial charge in [-0.05, 0) is 12.0 Å². The maximum Gasteiger partial charge on any atom is 0.154 e. The van der Waals surface area contributed by atoms with Crippen LogP contribution in [0, 0.1) is 17.8 Å². The first-order valence-electron chi connectivity index (χ1n) is 13.7. The van der Waals surface area contributed by atoms with Crippen molar-refractivity contribution in [1.82, 2.24) is 16.0 Å². The van der Waals surface area contributed by atoms with E-state index in [2.05, 4.69) is 28.6 Å². The summed E-state index contributed by atoms with van der Waals surface area (Å²) in [6, 6.07) is -0.0971. The van der Waals surface area contributed by atoms with Crippen LogP contribution in [0.2, 0.25) is 0 Å². The molecule has 4 unspecified atom stereocenters. The second-order valence-electron chi connectivity index (χ2n) is 11.3. The lowest BCUT2D eigenvalue weighted by Crippen LogP contribution is -2.46. The van der Waals surface area contributed by atoms with Crippen LogP contribution in [0.15, 0.2) is 0 Å². The quantitative estimate of drug-likeness (QED) is 0.0804. The maximum absolute atomic E-state index is 11.6. The summed E-state index contributed by atoms with van der Waals surface area (Å²) in [5, 5.41) is 9.31. The van der Waals surface area contributed by atoms with E-state index in [4.69, 9.17) is 9.11 Å². The number of rotatable bonds is 17. The van der Waals surface area contributed by atoms with Crippen LogP contribution in [0.25, 0.3) is 0 Å². The maximum atomic E-state index is 11.6. The van der Waals surface area contributed by atoms with Crippen molar-refractivity contribution < 1.29 is 27.7 Å². The molecule has 0 heterocycles. The molecule has 0 spiro atoms. The zero-order valence-electron chi connectivity index (χ0n) is 26.1. The van der Waals surface area contributed by atoms with E-state index in [-0.39, 0.29) is 65.0 Å². The number of ketones is 3. The second kappa shape index (κ2) is 24.3. The first kappa shape index (κ1) is 43.1. The lowest BCUT2D eigenvalue weighted by Gasteiger charge is -2.20. The Morgan fingerprint density at radius 1 is 0.667 bits per heavy atom. The van der Waals surface area contributed by atoms with Crippen LogP contribution in [0.4, 0.5) is 0 Å². The fourth-order valence-electron chi connectivity index (χ4n) is 3.28. The summed E-state index contributed by atoms with van der Waals surface area (Å²) >= 11 is 2.92. The third kappa shape index (κ3) is 24.0. The molecule has 5 N–H and O–H groups in total. The molecule has 0 aromatic carbocycles. The van der Waals surface area contributed by atoms with Gasteiger partial charge in [0, 0.05) is 47.4 Å². The summed E-state index contributed by atoms with van der Waals surface area (Å²) in [6.45, 7) is 23.0. The first-order chi connectivity index (χ1) is 17.8. The van der Waals surface area contributed by atoms with E-state index in [0.717, 1.165) is 0 Å². The molecule has 0 aliphatic heterocycles. The van der Waals surface area contributed by atoms with Crippen molar-refractivity contribution in [3.63, 3.8) is 0 Å². The Labute approximate surface area is 250 Å². The lowest BCUT2D eigenvalue weighted by atomic mass is 10.0. The van der Waals surface area contributed by atoms with Crippen LogP contribution < -0.4 is 16.0 Å². The average Bonchev–Trinajstić information content (AvgIpc) is 2.79. The van der Waals surface area contributed by atoms with Crippen LogP contribution in [0.1, 0.15) is 83.1 Å². The summed E-state index contributed by atoms with van der Waals surface area (Å²) in [6.07, 6.45) is 0. The number of carbonyl (C=O) groups excluding carboxylic acids is 3. The SMILES string of the molecule is CC(C)NC(CS(=O)O)C(=O)C(C)C.CC(C)NC(CS)C(=O)C(C)C.CC(C)NC(CSO)C(=O)C(C)C. The van der Waals surface area contributed by atoms with E-state index >= 15 is 0 Å². The van der Waals surface area contributed by atoms with Gasteiger partial charge in [0.15, 0.2) is 28.4 Å². The number of nitrogens with one attached hydrogen (secondary N) is 3. The minimum Gasteiger partial charge on any atom is -0.330 e. The van der Waals surface area contributed by atoms with Crippen LogP contribution in [0.3, 0.4) is 0 Å². The molecule has 9 nitrogen and oxygen atoms in total. The monoisotopic (exact) mass is 615 g/mol. The smallest absolute Gasteiger partial charge is 0.154 e. The van der Waals surface area contributed by atoms with Crippen LogP contribution in [-0.4, -0.2) is 84.2 Å². The number of Topliss-reactive ketones (excluding diaryl/α,β-unsaturated/α-hetero) is 3. The third-order valence-corrected chi connectivity index (χ3v) is 6.54. The van der Waals surface area contributed by atoms with Crippen molar-refractivity contribution >= 4 is 53.1 Å². The van der Waals surface area contributed by atoms with E-state index in [1.807, 2.05) is 69.2 Å². The Kier molecular flexibility index (Phi) is 26.8. The van der Waals surface area contributed by atoms with E-state index < -0.39 is 17.1 Å². The minimum atomic E-state index is -1.93. The Morgan fingerprint density at radius 3 is 1.26 bits per heavy atom. The number of hydrogen-bond acceptors (Lipinski definition) is 10. The molecule has 0 radical (unpaired) electrons. The highest BCUT2D eigenvalue weighted by atomic mass is 32.2. The average molecular weight is 616 g/mol. The van der Waals surface area contributed by atoms with E-state index in [9.17, 15) is 18.6 Å². The van der Waals surface area contributed by atoms with Gasteiger partial charge in [0.25, 0.3) is 0 Å². The van der Waals surface area contributed by atoms with E-state index in [0.29, 0.717) is 29.6 Å². The molecule has 0 aliphatic carbocycles.